The molecular formula is C10H22N2O. The van der Waals surface area contributed by atoms with Crippen molar-refractivity contribution in [1.29, 1.82) is 0 Å². The molecule has 1 rings (SSSR count). The number of piperidine rings is 1. The lowest BCUT2D eigenvalue weighted by atomic mass is 10.0. The van der Waals surface area contributed by atoms with Crippen molar-refractivity contribution in [3.05, 3.63) is 0 Å². The summed E-state index contributed by atoms with van der Waals surface area (Å²) in [6.07, 6.45) is 3.48. The summed E-state index contributed by atoms with van der Waals surface area (Å²) < 4.78 is 0. The van der Waals surface area contributed by atoms with Crippen molar-refractivity contribution < 1.29 is 5.11 Å². The zero-order chi connectivity index (χ0) is 9.68. The molecule has 13 heavy (non-hydrogen) atoms. The van der Waals surface area contributed by atoms with Gasteiger partial charge < -0.3 is 14.9 Å². The van der Waals surface area contributed by atoms with E-state index < -0.39 is 0 Å². The summed E-state index contributed by atoms with van der Waals surface area (Å²) >= 11 is 0. The Morgan fingerprint density at radius 2 is 1.92 bits per heavy atom. The molecule has 78 valence electrons. The lowest BCUT2D eigenvalue weighted by Gasteiger charge is -2.35. The number of rotatable bonds is 4. The number of aliphatic hydroxyl groups excluding tert-OH is 1. The van der Waals surface area contributed by atoms with Crippen molar-refractivity contribution in [3.8, 4) is 0 Å². The molecule has 1 aliphatic heterocycles. The van der Waals surface area contributed by atoms with Gasteiger partial charge in [-0.25, -0.2) is 0 Å². The smallest absolute Gasteiger partial charge is 0.0443 e. The van der Waals surface area contributed by atoms with Gasteiger partial charge in [-0.3, -0.25) is 0 Å². The number of hydrogen-bond donors (Lipinski definition) is 1. The molecule has 0 aliphatic carbocycles. The molecule has 0 spiro atoms. The summed E-state index contributed by atoms with van der Waals surface area (Å²) in [5, 5.41) is 8.70. The molecule has 0 bridgehead atoms. The van der Waals surface area contributed by atoms with Gasteiger partial charge in [0.2, 0.25) is 0 Å². The molecule has 0 radical (unpaired) electrons. The highest BCUT2D eigenvalue weighted by atomic mass is 16.3. The molecule has 1 aliphatic rings. The largest absolute Gasteiger partial charge is 0.396 e. The zero-order valence-corrected chi connectivity index (χ0v) is 8.87. The zero-order valence-electron chi connectivity index (χ0n) is 8.87. The van der Waals surface area contributed by atoms with Crippen LogP contribution in [0.4, 0.5) is 0 Å². The van der Waals surface area contributed by atoms with E-state index in [2.05, 4.69) is 23.9 Å². The molecule has 1 saturated heterocycles. The van der Waals surface area contributed by atoms with Gasteiger partial charge in [0.15, 0.2) is 0 Å². The molecule has 0 aromatic rings. The molecular weight excluding hydrogens is 164 g/mol. The van der Waals surface area contributed by atoms with Crippen LogP contribution in [0.3, 0.4) is 0 Å². The third kappa shape index (κ3) is 3.63. The second-order valence-corrected chi connectivity index (χ2v) is 4.11. The summed E-state index contributed by atoms with van der Waals surface area (Å²) in [6, 6.07) is 0.769. The molecule has 0 aromatic heterocycles. The van der Waals surface area contributed by atoms with Crippen molar-refractivity contribution >= 4 is 0 Å². The van der Waals surface area contributed by atoms with E-state index in [0.717, 1.165) is 19.0 Å². The van der Waals surface area contributed by atoms with Crippen LogP contribution in [-0.2, 0) is 0 Å². The first-order valence-electron chi connectivity index (χ1n) is 5.23. The first-order chi connectivity index (χ1) is 6.24. The lowest BCUT2D eigenvalue weighted by Crippen LogP contribution is -2.42. The van der Waals surface area contributed by atoms with E-state index in [1.807, 2.05) is 0 Å². The Labute approximate surface area is 81.3 Å². The van der Waals surface area contributed by atoms with Gasteiger partial charge in [0.25, 0.3) is 0 Å². The van der Waals surface area contributed by atoms with Crippen LogP contribution in [0.2, 0.25) is 0 Å². The first-order valence-corrected chi connectivity index (χ1v) is 5.23. The quantitative estimate of drug-likeness (QED) is 0.688. The van der Waals surface area contributed by atoms with Crippen LogP contribution in [0, 0.1) is 0 Å². The second kappa shape index (κ2) is 5.58. The van der Waals surface area contributed by atoms with E-state index in [1.165, 1.54) is 25.9 Å². The minimum Gasteiger partial charge on any atom is -0.396 e. The Morgan fingerprint density at radius 3 is 2.38 bits per heavy atom. The van der Waals surface area contributed by atoms with Crippen LogP contribution in [0.5, 0.6) is 0 Å². The van der Waals surface area contributed by atoms with Gasteiger partial charge in [0, 0.05) is 19.2 Å². The molecule has 1 N–H and O–H groups in total. The van der Waals surface area contributed by atoms with E-state index in [-0.39, 0.29) is 0 Å². The number of aliphatic hydroxyl groups is 1. The van der Waals surface area contributed by atoms with Gasteiger partial charge in [-0.15, -0.1) is 0 Å². The van der Waals surface area contributed by atoms with E-state index in [0.29, 0.717) is 6.61 Å². The Balaban J connectivity index is 2.15. The van der Waals surface area contributed by atoms with Crippen LogP contribution >= 0.6 is 0 Å². The average Bonchev–Trinajstić information content (AvgIpc) is 2.15. The van der Waals surface area contributed by atoms with Crippen LogP contribution < -0.4 is 0 Å². The lowest BCUT2D eigenvalue weighted by molar-refractivity contribution is 0.136. The normalized spacial score (nSPS) is 21.2. The Hall–Kier alpha value is -0.120. The summed E-state index contributed by atoms with van der Waals surface area (Å²) in [5.74, 6) is 0. The maximum Gasteiger partial charge on any atom is 0.0443 e. The van der Waals surface area contributed by atoms with Crippen molar-refractivity contribution in [3.63, 3.8) is 0 Å². The summed E-state index contributed by atoms with van der Waals surface area (Å²) in [7, 11) is 4.32. The SMILES string of the molecule is CN(C)C1CCN(CCCO)CC1. The van der Waals surface area contributed by atoms with Gasteiger partial charge in [0.1, 0.15) is 0 Å². The molecule has 0 aromatic carbocycles. The summed E-state index contributed by atoms with van der Waals surface area (Å²) in [6.45, 7) is 3.79. The topological polar surface area (TPSA) is 26.7 Å². The average molecular weight is 186 g/mol. The Bertz CT molecular complexity index is 131. The van der Waals surface area contributed by atoms with Crippen molar-refractivity contribution in [2.75, 3.05) is 40.3 Å². The van der Waals surface area contributed by atoms with E-state index in [1.54, 1.807) is 0 Å². The second-order valence-electron chi connectivity index (χ2n) is 4.11. The molecule has 3 nitrogen and oxygen atoms in total. The van der Waals surface area contributed by atoms with Crippen LogP contribution in [0.25, 0.3) is 0 Å². The van der Waals surface area contributed by atoms with Crippen molar-refractivity contribution in [2.45, 2.75) is 25.3 Å². The third-order valence-corrected chi connectivity index (χ3v) is 2.92. The van der Waals surface area contributed by atoms with Crippen molar-refractivity contribution in [1.82, 2.24) is 9.80 Å². The Kier molecular flexibility index (Phi) is 4.70. The minimum absolute atomic E-state index is 0.327. The van der Waals surface area contributed by atoms with Gasteiger partial charge in [-0.05, 0) is 46.4 Å². The van der Waals surface area contributed by atoms with Crippen LogP contribution in [0.15, 0.2) is 0 Å². The van der Waals surface area contributed by atoms with Gasteiger partial charge in [-0.2, -0.15) is 0 Å². The fourth-order valence-electron chi connectivity index (χ4n) is 1.95. The fraction of sp³-hybridized carbons (Fsp3) is 1.00. The minimum atomic E-state index is 0.327. The van der Waals surface area contributed by atoms with Gasteiger partial charge in [-0.1, -0.05) is 0 Å². The highest BCUT2D eigenvalue weighted by Crippen LogP contribution is 2.13. The number of hydrogen-bond acceptors (Lipinski definition) is 3. The molecule has 0 saturated carbocycles. The summed E-state index contributed by atoms with van der Waals surface area (Å²) in [4.78, 5) is 4.78. The molecule has 0 atom stereocenters. The molecule has 1 heterocycles. The molecule has 0 amide bonds. The molecule has 3 heteroatoms. The predicted molar refractivity (Wildman–Crippen MR) is 54.9 cm³/mol. The molecule has 0 unspecified atom stereocenters. The van der Waals surface area contributed by atoms with E-state index in [9.17, 15) is 0 Å². The van der Waals surface area contributed by atoms with Gasteiger partial charge in [0.05, 0.1) is 0 Å². The maximum atomic E-state index is 8.70. The standard InChI is InChI=1S/C10H22N2O/c1-11(2)10-4-7-12(8-5-10)6-3-9-13/h10,13H,3-9H2,1-2H3. The monoisotopic (exact) mass is 186 g/mol. The number of nitrogens with zero attached hydrogens (tertiary/aromatic N) is 2. The highest BCUT2D eigenvalue weighted by Gasteiger charge is 2.19. The highest BCUT2D eigenvalue weighted by molar-refractivity contribution is 4.76. The fourth-order valence-corrected chi connectivity index (χ4v) is 1.95. The first kappa shape index (κ1) is 11.0. The van der Waals surface area contributed by atoms with E-state index in [4.69, 9.17) is 5.11 Å². The maximum absolute atomic E-state index is 8.70. The summed E-state index contributed by atoms with van der Waals surface area (Å²) in [5.41, 5.74) is 0. The predicted octanol–water partition coefficient (Wildman–Crippen LogP) is 0.395. The molecule has 1 fully saturated rings. The van der Waals surface area contributed by atoms with E-state index >= 15 is 0 Å². The van der Waals surface area contributed by atoms with Gasteiger partial charge >= 0.3 is 0 Å². The Morgan fingerprint density at radius 1 is 1.31 bits per heavy atom. The number of likely N-dealkylation sites (tertiary alicyclic amines) is 1. The van der Waals surface area contributed by atoms with Crippen molar-refractivity contribution in [2.24, 2.45) is 0 Å². The van der Waals surface area contributed by atoms with Crippen LogP contribution in [-0.4, -0.2) is 61.3 Å². The third-order valence-electron chi connectivity index (χ3n) is 2.92. The van der Waals surface area contributed by atoms with Crippen LogP contribution in [0.1, 0.15) is 19.3 Å².